The van der Waals surface area contributed by atoms with Gasteiger partial charge in [-0.3, -0.25) is 0 Å². The van der Waals surface area contributed by atoms with Crippen LogP contribution in [0.15, 0.2) is 30.3 Å². The van der Waals surface area contributed by atoms with Crippen molar-refractivity contribution >= 4 is 0 Å². The van der Waals surface area contributed by atoms with Gasteiger partial charge in [-0.2, -0.15) is 0 Å². The highest BCUT2D eigenvalue weighted by Gasteiger charge is 1.99. The van der Waals surface area contributed by atoms with Gasteiger partial charge in [-0.25, -0.2) is 0 Å². The Bertz CT molecular complexity index is 198. The van der Waals surface area contributed by atoms with Crippen molar-refractivity contribution in [1.82, 2.24) is 5.32 Å². The molecule has 0 fully saturated rings. The van der Waals surface area contributed by atoms with Crippen LogP contribution in [-0.4, -0.2) is 6.54 Å². The lowest BCUT2D eigenvalue weighted by Gasteiger charge is -2.11. The van der Waals surface area contributed by atoms with Crippen LogP contribution in [0.4, 0.5) is 0 Å². The first-order valence-corrected chi connectivity index (χ1v) is 4.13. The molecule has 1 aromatic rings. The third-order valence-electron chi connectivity index (χ3n) is 1.81. The van der Waals surface area contributed by atoms with Crippen molar-refractivity contribution in [3.63, 3.8) is 0 Å². The fraction of sp³-hybridized carbons (Fsp3) is 0.400. The highest BCUT2D eigenvalue weighted by atomic mass is 35.5. The fourth-order valence-electron chi connectivity index (χ4n) is 1.17. The molecule has 12 heavy (non-hydrogen) atoms. The van der Waals surface area contributed by atoms with Crippen molar-refractivity contribution in [1.29, 1.82) is 0 Å². The van der Waals surface area contributed by atoms with E-state index in [1.54, 1.807) is 0 Å². The van der Waals surface area contributed by atoms with Gasteiger partial charge in [-0.1, -0.05) is 37.3 Å². The molecule has 0 aliphatic heterocycles. The van der Waals surface area contributed by atoms with Crippen LogP contribution in [-0.2, 0) is 0 Å². The maximum atomic E-state index is 3.36. The number of benzene rings is 1. The Hall–Kier alpha value is -0.530. The molecule has 1 atom stereocenters. The molecule has 2 heteroatoms. The van der Waals surface area contributed by atoms with Crippen LogP contribution in [0.25, 0.3) is 0 Å². The average Bonchev–Trinajstić information content (AvgIpc) is 2.07. The molecule has 1 unspecified atom stereocenters. The van der Waals surface area contributed by atoms with Gasteiger partial charge in [0, 0.05) is 6.04 Å². The zero-order valence-corrected chi connectivity index (χ0v) is 8.31. The van der Waals surface area contributed by atoms with Crippen molar-refractivity contribution in [3.8, 4) is 0 Å². The molecule has 0 saturated carbocycles. The molecule has 68 valence electrons. The van der Waals surface area contributed by atoms with Gasteiger partial charge in [-0.15, -0.1) is 0 Å². The number of hydrogen-bond donors (Lipinski definition) is 1. The normalized spacial score (nSPS) is 11.8. The van der Waals surface area contributed by atoms with E-state index in [1.807, 2.05) is 6.07 Å². The van der Waals surface area contributed by atoms with Crippen LogP contribution in [0.5, 0.6) is 0 Å². The van der Waals surface area contributed by atoms with Crippen LogP contribution in [0.3, 0.4) is 0 Å². The van der Waals surface area contributed by atoms with Crippen molar-refractivity contribution in [2.45, 2.75) is 19.9 Å². The third-order valence-corrected chi connectivity index (χ3v) is 1.81. The average molecular weight is 185 g/mol. The van der Waals surface area contributed by atoms with E-state index in [-0.39, 0.29) is 12.4 Å². The van der Waals surface area contributed by atoms with Gasteiger partial charge in [-0.05, 0) is 19.0 Å². The second-order valence-electron chi connectivity index (χ2n) is 2.69. The molecule has 1 nitrogen and oxygen atoms in total. The number of halogens is 1. The first kappa shape index (κ1) is 11.5. The van der Waals surface area contributed by atoms with Gasteiger partial charge in [0.15, 0.2) is 0 Å². The topological polar surface area (TPSA) is 12.0 Å². The Morgan fingerprint density at radius 3 is 2.33 bits per heavy atom. The highest BCUT2D eigenvalue weighted by Crippen LogP contribution is 2.09. The summed E-state index contributed by atoms with van der Waals surface area (Å²) in [6.45, 7) is 5.33. The zero-order valence-electron chi connectivity index (χ0n) is 7.55. The Kier molecular flexibility index (Phi) is 5.77. The second-order valence-corrected chi connectivity index (χ2v) is 2.69. The quantitative estimate of drug-likeness (QED) is 0.659. The molecule has 0 bridgehead atoms. The van der Waals surface area contributed by atoms with Gasteiger partial charge >= 0.3 is 0 Å². The first-order valence-electron chi connectivity index (χ1n) is 4.13. The van der Waals surface area contributed by atoms with E-state index in [0.717, 1.165) is 6.54 Å². The van der Waals surface area contributed by atoms with Gasteiger partial charge in [0.2, 0.25) is 0 Å². The van der Waals surface area contributed by atoms with Crippen molar-refractivity contribution in [2.24, 2.45) is 0 Å². The highest BCUT2D eigenvalue weighted by molar-refractivity contribution is 5.17. The molecule has 0 aromatic heterocycles. The van der Waals surface area contributed by atoms with E-state index in [4.69, 9.17) is 0 Å². The Balaban J connectivity index is 0.00000121. The van der Waals surface area contributed by atoms with Gasteiger partial charge in [0.05, 0.1) is 0 Å². The molecule has 0 radical (unpaired) electrons. The smallest absolute Gasteiger partial charge is 0.0291 e. The van der Waals surface area contributed by atoms with E-state index in [1.165, 1.54) is 5.56 Å². The summed E-state index contributed by atoms with van der Waals surface area (Å²) in [4.78, 5) is 0. The minimum Gasteiger partial charge on any atom is -1.00 e. The summed E-state index contributed by atoms with van der Waals surface area (Å²) >= 11 is 0. The summed E-state index contributed by atoms with van der Waals surface area (Å²) < 4.78 is 0. The van der Waals surface area contributed by atoms with Crippen molar-refractivity contribution in [2.75, 3.05) is 6.54 Å². The Morgan fingerprint density at radius 1 is 1.25 bits per heavy atom. The van der Waals surface area contributed by atoms with Crippen LogP contribution in [0, 0.1) is 0 Å². The largest absolute Gasteiger partial charge is 1.00 e. The maximum Gasteiger partial charge on any atom is 0.0291 e. The summed E-state index contributed by atoms with van der Waals surface area (Å²) in [6.07, 6.45) is 0. The molecule has 1 aromatic carbocycles. The minimum atomic E-state index is 0. The number of nitrogens with one attached hydrogen (secondary N) is 1. The van der Waals surface area contributed by atoms with E-state index in [0.29, 0.717) is 6.04 Å². The Morgan fingerprint density at radius 2 is 1.83 bits per heavy atom. The standard InChI is InChI=1S/C10H15N.ClH/c1-3-11-9(2)10-7-5-4-6-8-10;/h4-9,11H,3H2,1-2H3;1H/p-1. The molecular weight excluding hydrogens is 170 g/mol. The number of hydrogen-bond acceptors (Lipinski definition) is 1. The van der Waals surface area contributed by atoms with Crippen LogP contribution in [0.2, 0.25) is 0 Å². The summed E-state index contributed by atoms with van der Waals surface area (Å²) in [5.41, 5.74) is 1.36. The lowest BCUT2D eigenvalue weighted by atomic mass is 10.1. The zero-order chi connectivity index (χ0) is 8.10. The van der Waals surface area contributed by atoms with E-state index >= 15 is 0 Å². The summed E-state index contributed by atoms with van der Waals surface area (Å²) in [6, 6.07) is 11.0. The predicted molar refractivity (Wildman–Crippen MR) is 48.5 cm³/mol. The molecule has 0 saturated heterocycles. The lowest BCUT2D eigenvalue weighted by molar-refractivity contribution is -0.00000246. The van der Waals surface area contributed by atoms with E-state index < -0.39 is 0 Å². The second kappa shape index (κ2) is 6.04. The fourth-order valence-corrected chi connectivity index (χ4v) is 1.17. The predicted octanol–water partition coefficient (Wildman–Crippen LogP) is -0.639. The third kappa shape index (κ3) is 3.24. The summed E-state index contributed by atoms with van der Waals surface area (Å²) in [7, 11) is 0. The maximum absolute atomic E-state index is 3.36. The molecule has 0 amide bonds. The SMILES string of the molecule is CCNC(C)c1ccccc1.[Cl-]. The van der Waals surface area contributed by atoms with Gasteiger partial charge in [0.1, 0.15) is 0 Å². The Labute approximate surface area is 80.6 Å². The molecule has 0 aliphatic rings. The van der Waals surface area contributed by atoms with Crippen LogP contribution in [0.1, 0.15) is 25.5 Å². The van der Waals surface area contributed by atoms with Gasteiger partial charge < -0.3 is 17.7 Å². The molecule has 0 aliphatic carbocycles. The molecule has 1 rings (SSSR count). The molecule has 1 N–H and O–H groups in total. The molecular formula is C10H15ClN-. The van der Waals surface area contributed by atoms with E-state index in [2.05, 4.69) is 43.4 Å². The molecule has 0 heterocycles. The summed E-state index contributed by atoms with van der Waals surface area (Å²) in [5, 5.41) is 3.36. The van der Waals surface area contributed by atoms with Gasteiger partial charge in [0.25, 0.3) is 0 Å². The monoisotopic (exact) mass is 184 g/mol. The van der Waals surface area contributed by atoms with Crippen molar-refractivity contribution < 1.29 is 12.4 Å². The molecule has 0 spiro atoms. The number of rotatable bonds is 3. The van der Waals surface area contributed by atoms with Crippen LogP contribution >= 0.6 is 0 Å². The first-order chi connectivity index (χ1) is 5.34. The van der Waals surface area contributed by atoms with E-state index in [9.17, 15) is 0 Å². The lowest BCUT2D eigenvalue weighted by Crippen LogP contribution is -3.00. The van der Waals surface area contributed by atoms with Crippen molar-refractivity contribution in [3.05, 3.63) is 35.9 Å². The summed E-state index contributed by atoms with van der Waals surface area (Å²) in [5.74, 6) is 0. The van der Waals surface area contributed by atoms with Crippen LogP contribution < -0.4 is 17.7 Å². The minimum absolute atomic E-state index is 0.